The lowest BCUT2D eigenvalue weighted by Gasteiger charge is -2.09. The van der Waals surface area contributed by atoms with Crippen LogP contribution in [0.25, 0.3) is 11.1 Å². The van der Waals surface area contributed by atoms with Crippen molar-refractivity contribution in [2.24, 2.45) is 5.73 Å². The summed E-state index contributed by atoms with van der Waals surface area (Å²) in [4.78, 5) is 11.3. The Kier molecular flexibility index (Phi) is 5.48. The fourth-order valence-corrected chi connectivity index (χ4v) is 2.79. The molecule has 7 heteroatoms. The normalized spacial score (nSPS) is 10.6. The van der Waals surface area contributed by atoms with Gasteiger partial charge in [0, 0.05) is 16.7 Å². The Morgan fingerprint density at radius 1 is 0.933 bits per heavy atom. The molecule has 30 heavy (non-hydrogen) atoms. The van der Waals surface area contributed by atoms with E-state index in [4.69, 9.17) is 5.73 Å². The van der Waals surface area contributed by atoms with E-state index in [1.165, 1.54) is 24.3 Å². The lowest BCUT2D eigenvalue weighted by molar-refractivity contribution is -0.137. The van der Waals surface area contributed by atoms with Crippen molar-refractivity contribution in [2.45, 2.75) is 6.18 Å². The summed E-state index contributed by atoms with van der Waals surface area (Å²) in [7, 11) is 0. The van der Waals surface area contributed by atoms with E-state index in [1.54, 1.807) is 18.2 Å². The number of alkyl halides is 3. The molecule has 3 N–H and O–H groups in total. The van der Waals surface area contributed by atoms with E-state index in [-0.39, 0.29) is 5.56 Å². The molecule has 4 nitrogen and oxygen atoms in total. The predicted octanol–water partition coefficient (Wildman–Crippen LogP) is 4.45. The number of hydrogen-bond acceptors (Lipinski definition) is 3. The maximum absolute atomic E-state index is 13.2. The Labute approximate surface area is 170 Å². The Balaban J connectivity index is 2.12. The molecule has 3 rings (SSSR count). The van der Waals surface area contributed by atoms with Gasteiger partial charge in [-0.05, 0) is 59.7 Å². The second kappa shape index (κ2) is 8.02. The van der Waals surface area contributed by atoms with Gasteiger partial charge in [0.25, 0.3) is 0 Å². The van der Waals surface area contributed by atoms with Crippen molar-refractivity contribution in [3.05, 3.63) is 88.5 Å². The van der Waals surface area contributed by atoms with Crippen LogP contribution in [0.4, 0.5) is 13.2 Å². The molecule has 0 aromatic heterocycles. The molecule has 0 aliphatic rings. The van der Waals surface area contributed by atoms with Crippen LogP contribution >= 0.6 is 0 Å². The van der Waals surface area contributed by atoms with Gasteiger partial charge in [-0.2, -0.15) is 18.4 Å². The van der Waals surface area contributed by atoms with Crippen LogP contribution in [0.5, 0.6) is 5.75 Å². The first-order chi connectivity index (χ1) is 14.2. The third-order valence-corrected chi connectivity index (χ3v) is 4.27. The summed E-state index contributed by atoms with van der Waals surface area (Å²) >= 11 is 0. The molecule has 1 amide bonds. The van der Waals surface area contributed by atoms with E-state index in [2.05, 4.69) is 11.8 Å². The first kappa shape index (κ1) is 20.5. The Bertz CT molecular complexity index is 1230. The van der Waals surface area contributed by atoms with Gasteiger partial charge in [-0.3, -0.25) is 4.79 Å². The first-order valence-corrected chi connectivity index (χ1v) is 8.55. The summed E-state index contributed by atoms with van der Waals surface area (Å²) in [5, 5.41) is 18.6. The van der Waals surface area contributed by atoms with E-state index >= 15 is 0 Å². The summed E-state index contributed by atoms with van der Waals surface area (Å²) in [5.74, 6) is 4.11. The number of halogens is 3. The van der Waals surface area contributed by atoms with Crippen molar-refractivity contribution in [1.29, 1.82) is 5.26 Å². The summed E-state index contributed by atoms with van der Waals surface area (Å²) in [6.07, 6.45) is -4.68. The van der Waals surface area contributed by atoms with Gasteiger partial charge >= 0.3 is 6.18 Å². The van der Waals surface area contributed by atoms with E-state index in [9.17, 15) is 28.3 Å². The number of rotatable bonds is 2. The molecule has 0 spiro atoms. The third kappa shape index (κ3) is 4.43. The molecule has 0 saturated carbocycles. The second-order valence-electron chi connectivity index (χ2n) is 6.29. The van der Waals surface area contributed by atoms with E-state index < -0.39 is 23.4 Å². The highest BCUT2D eigenvalue weighted by Gasteiger charge is 2.33. The van der Waals surface area contributed by atoms with E-state index in [0.717, 1.165) is 12.1 Å². The van der Waals surface area contributed by atoms with Crippen molar-refractivity contribution in [3.63, 3.8) is 0 Å². The van der Waals surface area contributed by atoms with Crippen LogP contribution in [-0.2, 0) is 6.18 Å². The number of amides is 1. The zero-order valence-electron chi connectivity index (χ0n) is 15.3. The van der Waals surface area contributed by atoms with Gasteiger partial charge in [-0.1, -0.05) is 24.0 Å². The number of benzene rings is 3. The fraction of sp³-hybridized carbons (Fsp3) is 0.0435. The Hall–Kier alpha value is -4.23. The van der Waals surface area contributed by atoms with Gasteiger partial charge in [-0.25, -0.2) is 0 Å². The van der Waals surface area contributed by atoms with Crippen molar-refractivity contribution >= 4 is 5.91 Å². The van der Waals surface area contributed by atoms with Gasteiger partial charge in [0.2, 0.25) is 5.91 Å². The number of nitriles is 1. The summed E-state index contributed by atoms with van der Waals surface area (Å²) < 4.78 is 39.7. The van der Waals surface area contributed by atoms with E-state index in [1.807, 2.05) is 6.07 Å². The van der Waals surface area contributed by atoms with E-state index in [0.29, 0.717) is 33.9 Å². The van der Waals surface area contributed by atoms with Crippen LogP contribution in [0, 0.1) is 23.2 Å². The molecule has 0 aliphatic carbocycles. The van der Waals surface area contributed by atoms with Gasteiger partial charge in [-0.15, -0.1) is 0 Å². The highest BCUT2D eigenvalue weighted by Crippen LogP contribution is 2.34. The SMILES string of the molecule is N#Cc1ccc(C#Cc2ccc(O)cc2C(F)(F)F)c(-c2ccc(C(N)=O)cc2)c1. The van der Waals surface area contributed by atoms with Gasteiger partial charge in [0.05, 0.1) is 17.2 Å². The molecule has 3 aromatic rings. The average Bonchev–Trinajstić information content (AvgIpc) is 2.72. The number of phenols is 1. The molecule has 148 valence electrons. The number of nitrogens with zero attached hydrogens (tertiary/aromatic N) is 1. The minimum Gasteiger partial charge on any atom is -0.508 e. The summed E-state index contributed by atoms with van der Waals surface area (Å²) in [5.41, 5.74) is 6.06. The third-order valence-electron chi connectivity index (χ3n) is 4.27. The number of primary amides is 1. The number of carbonyl (C=O) groups excluding carboxylic acids is 1. The first-order valence-electron chi connectivity index (χ1n) is 8.55. The van der Waals surface area contributed by atoms with Crippen LogP contribution in [0.3, 0.4) is 0 Å². The average molecular weight is 406 g/mol. The lowest BCUT2D eigenvalue weighted by Crippen LogP contribution is -2.10. The topological polar surface area (TPSA) is 87.1 Å². The second-order valence-corrected chi connectivity index (χ2v) is 6.29. The van der Waals surface area contributed by atoms with Crippen LogP contribution in [0.1, 0.15) is 32.6 Å². The van der Waals surface area contributed by atoms with Crippen molar-refractivity contribution < 1.29 is 23.1 Å². The quantitative estimate of drug-likeness (QED) is 0.617. The molecule has 0 radical (unpaired) electrons. The van der Waals surface area contributed by atoms with Crippen LogP contribution < -0.4 is 5.73 Å². The smallest absolute Gasteiger partial charge is 0.417 e. The molecular weight excluding hydrogens is 393 g/mol. The monoisotopic (exact) mass is 406 g/mol. The largest absolute Gasteiger partial charge is 0.508 e. The lowest BCUT2D eigenvalue weighted by atomic mass is 9.96. The highest BCUT2D eigenvalue weighted by atomic mass is 19.4. The van der Waals surface area contributed by atoms with Gasteiger partial charge in [0.15, 0.2) is 0 Å². The molecule has 0 bridgehead atoms. The van der Waals surface area contributed by atoms with Crippen molar-refractivity contribution in [1.82, 2.24) is 0 Å². The zero-order valence-corrected chi connectivity index (χ0v) is 15.3. The number of carbonyl (C=O) groups is 1. The van der Waals surface area contributed by atoms with Crippen LogP contribution in [-0.4, -0.2) is 11.0 Å². The molecule has 0 unspecified atom stereocenters. The number of hydrogen-bond donors (Lipinski definition) is 2. The zero-order chi connectivity index (χ0) is 21.9. The number of phenolic OH excluding ortho intramolecular Hbond substituents is 1. The summed E-state index contributed by atoms with van der Waals surface area (Å²) in [6.45, 7) is 0. The van der Waals surface area contributed by atoms with Crippen LogP contribution in [0.2, 0.25) is 0 Å². The molecule has 0 aliphatic heterocycles. The van der Waals surface area contributed by atoms with Crippen molar-refractivity contribution in [2.75, 3.05) is 0 Å². The molecule has 3 aromatic carbocycles. The van der Waals surface area contributed by atoms with Crippen LogP contribution in [0.15, 0.2) is 60.7 Å². The Morgan fingerprint density at radius 2 is 1.57 bits per heavy atom. The van der Waals surface area contributed by atoms with Gasteiger partial charge in [0.1, 0.15) is 5.75 Å². The Morgan fingerprint density at radius 3 is 2.17 bits per heavy atom. The molecule has 0 fully saturated rings. The summed E-state index contributed by atoms with van der Waals surface area (Å²) in [6, 6.07) is 15.7. The number of aromatic hydroxyl groups is 1. The van der Waals surface area contributed by atoms with Gasteiger partial charge < -0.3 is 10.8 Å². The minimum absolute atomic E-state index is 0.292. The molecular formula is C23H13F3N2O2. The maximum Gasteiger partial charge on any atom is 0.417 e. The highest BCUT2D eigenvalue weighted by molar-refractivity contribution is 5.93. The fourth-order valence-electron chi connectivity index (χ4n) is 2.79. The number of nitrogens with two attached hydrogens (primary N) is 1. The van der Waals surface area contributed by atoms with Crippen molar-refractivity contribution in [3.8, 4) is 34.8 Å². The molecule has 0 heterocycles. The minimum atomic E-state index is -4.68. The maximum atomic E-state index is 13.2. The molecule has 0 saturated heterocycles. The molecule has 0 atom stereocenters. The predicted molar refractivity (Wildman–Crippen MR) is 104 cm³/mol. The standard InChI is InChI=1S/C23H13F3N2O2/c24-23(25,26)21-12-19(29)10-9-17(21)6-3-15-2-1-14(13-27)11-20(15)16-4-7-18(8-5-16)22(28)30/h1-2,4-5,7-12,29H,(H2,28,30).